The lowest BCUT2D eigenvalue weighted by molar-refractivity contribution is -0.137. The maximum Gasteiger partial charge on any atom is 0.239 e. The molecule has 2 saturated heterocycles. The number of hydrogen-bond acceptors (Lipinski definition) is 4. The highest BCUT2D eigenvalue weighted by molar-refractivity contribution is 5.83. The summed E-state index contributed by atoms with van der Waals surface area (Å²) in [6.07, 6.45) is 3.64. The average Bonchev–Trinajstić information content (AvgIpc) is 2.93. The van der Waals surface area contributed by atoms with E-state index in [1.165, 1.54) is 0 Å². The highest BCUT2D eigenvalue weighted by atomic mass is 16.3. The van der Waals surface area contributed by atoms with Crippen molar-refractivity contribution in [2.75, 3.05) is 26.2 Å². The summed E-state index contributed by atoms with van der Waals surface area (Å²) >= 11 is 0. The molecule has 0 aromatic carbocycles. The van der Waals surface area contributed by atoms with Gasteiger partial charge in [0.15, 0.2) is 0 Å². The van der Waals surface area contributed by atoms with E-state index in [9.17, 15) is 14.7 Å². The molecule has 0 spiro atoms. The molecule has 0 aliphatic carbocycles. The summed E-state index contributed by atoms with van der Waals surface area (Å²) in [4.78, 5) is 26.1. The molecule has 6 heteroatoms. The fourth-order valence-corrected chi connectivity index (χ4v) is 3.02. The Morgan fingerprint density at radius 2 is 2.05 bits per heavy atom. The van der Waals surface area contributed by atoms with Crippen LogP contribution in [-0.2, 0) is 9.59 Å². The molecule has 2 aliphatic heterocycles. The lowest BCUT2D eigenvalue weighted by Gasteiger charge is -2.33. The molecule has 120 valence electrons. The number of carbonyl (C=O) groups is 2. The zero-order valence-electron chi connectivity index (χ0n) is 12.8. The van der Waals surface area contributed by atoms with Crippen LogP contribution in [0.15, 0.2) is 0 Å². The molecule has 0 bridgehead atoms. The van der Waals surface area contributed by atoms with E-state index in [1.807, 2.05) is 4.90 Å². The fraction of sp³-hybridized carbons (Fsp3) is 0.867. The SMILES string of the molecule is CCCCNC(=O)C1CCN(C(=O)C2CC(O)CN2)CC1. The average molecular weight is 297 g/mol. The van der Waals surface area contributed by atoms with Crippen LogP contribution in [0.1, 0.15) is 39.0 Å². The minimum absolute atomic E-state index is 0.0352. The number of aliphatic hydroxyl groups is 1. The topological polar surface area (TPSA) is 81.7 Å². The number of amides is 2. The van der Waals surface area contributed by atoms with Crippen molar-refractivity contribution in [3.05, 3.63) is 0 Å². The first-order chi connectivity index (χ1) is 10.1. The van der Waals surface area contributed by atoms with Crippen molar-refractivity contribution < 1.29 is 14.7 Å². The lowest BCUT2D eigenvalue weighted by Crippen LogP contribution is -2.48. The molecule has 2 rings (SSSR count). The third-order valence-electron chi connectivity index (χ3n) is 4.41. The number of rotatable bonds is 5. The number of likely N-dealkylation sites (tertiary alicyclic amines) is 1. The molecule has 2 fully saturated rings. The van der Waals surface area contributed by atoms with Crippen LogP contribution in [0.2, 0.25) is 0 Å². The number of carbonyl (C=O) groups excluding carboxylic acids is 2. The van der Waals surface area contributed by atoms with Crippen molar-refractivity contribution in [1.29, 1.82) is 0 Å². The summed E-state index contributed by atoms with van der Waals surface area (Å²) in [5.41, 5.74) is 0. The van der Waals surface area contributed by atoms with Crippen LogP contribution in [0, 0.1) is 5.92 Å². The molecule has 0 radical (unpaired) electrons. The van der Waals surface area contributed by atoms with Gasteiger partial charge in [-0.05, 0) is 25.7 Å². The molecule has 0 saturated carbocycles. The van der Waals surface area contributed by atoms with Crippen LogP contribution in [0.5, 0.6) is 0 Å². The van der Waals surface area contributed by atoms with E-state index in [0.29, 0.717) is 26.1 Å². The maximum atomic E-state index is 12.3. The number of piperidine rings is 1. The van der Waals surface area contributed by atoms with Crippen LogP contribution < -0.4 is 10.6 Å². The molecule has 0 aromatic rings. The second-order valence-corrected chi connectivity index (χ2v) is 6.09. The summed E-state index contributed by atoms with van der Waals surface area (Å²) in [6, 6.07) is -0.255. The van der Waals surface area contributed by atoms with Crippen LogP contribution in [0.4, 0.5) is 0 Å². The molecule has 2 atom stereocenters. The Bertz CT molecular complexity index is 367. The van der Waals surface area contributed by atoms with Crippen LogP contribution in [0.25, 0.3) is 0 Å². The van der Waals surface area contributed by atoms with Gasteiger partial charge in [-0.1, -0.05) is 13.3 Å². The summed E-state index contributed by atoms with van der Waals surface area (Å²) in [5.74, 6) is 0.231. The molecule has 0 aromatic heterocycles. The van der Waals surface area contributed by atoms with Gasteiger partial charge in [-0.3, -0.25) is 9.59 Å². The van der Waals surface area contributed by atoms with Gasteiger partial charge in [0, 0.05) is 32.1 Å². The summed E-state index contributed by atoms with van der Waals surface area (Å²) in [7, 11) is 0. The number of β-amino-alcohol motifs (C(OH)–C–C–N with tert-alkyl or cyclic N) is 1. The minimum atomic E-state index is -0.416. The number of nitrogens with zero attached hydrogens (tertiary/aromatic N) is 1. The van der Waals surface area contributed by atoms with Gasteiger partial charge in [-0.15, -0.1) is 0 Å². The Morgan fingerprint density at radius 3 is 2.62 bits per heavy atom. The van der Waals surface area contributed by atoms with Crippen molar-refractivity contribution in [2.45, 2.75) is 51.2 Å². The summed E-state index contributed by atoms with van der Waals surface area (Å²) in [6.45, 7) is 4.62. The van der Waals surface area contributed by atoms with E-state index >= 15 is 0 Å². The standard InChI is InChI=1S/C15H27N3O3/c1-2-3-6-16-14(20)11-4-7-18(8-5-11)15(21)13-9-12(19)10-17-13/h11-13,17,19H,2-10H2,1H3,(H,16,20). The van der Waals surface area contributed by atoms with Crippen molar-refractivity contribution >= 4 is 11.8 Å². The predicted octanol–water partition coefficient (Wildman–Crippen LogP) is -0.136. The first-order valence-corrected chi connectivity index (χ1v) is 8.09. The Morgan fingerprint density at radius 1 is 1.33 bits per heavy atom. The van der Waals surface area contributed by atoms with Crippen LogP contribution in [-0.4, -0.2) is 60.1 Å². The van der Waals surface area contributed by atoms with E-state index in [-0.39, 0.29) is 23.8 Å². The first kappa shape index (κ1) is 16.2. The molecule has 21 heavy (non-hydrogen) atoms. The number of hydrogen-bond donors (Lipinski definition) is 3. The summed E-state index contributed by atoms with van der Waals surface area (Å²) < 4.78 is 0. The Balaban J connectivity index is 1.72. The smallest absolute Gasteiger partial charge is 0.239 e. The highest BCUT2D eigenvalue weighted by Gasteiger charge is 2.34. The van der Waals surface area contributed by atoms with E-state index in [0.717, 1.165) is 32.2 Å². The molecule has 2 unspecified atom stereocenters. The maximum absolute atomic E-state index is 12.3. The summed E-state index contributed by atoms with van der Waals surface area (Å²) in [5, 5.41) is 15.5. The van der Waals surface area contributed by atoms with Crippen molar-refractivity contribution in [3.8, 4) is 0 Å². The van der Waals surface area contributed by atoms with Crippen molar-refractivity contribution in [2.24, 2.45) is 5.92 Å². The number of aliphatic hydroxyl groups excluding tert-OH is 1. The third-order valence-corrected chi connectivity index (χ3v) is 4.41. The van der Waals surface area contributed by atoms with Crippen molar-refractivity contribution in [3.63, 3.8) is 0 Å². The van der Waals surface area contributed by atoms with Gasteiger partial charge in [0.25, 0.3) is 0 Å². The van der Waals surface area contributed by atoms with Crippen LogP contribution >= 0.6 is 0 Å². The molecular formula is C15H27N3O3. The highest BCUT2D eigenvalue weighted by Crippen LogP contribution is 2.19. The molecule has 2 amide bonds. The molecule has 2 heterocycles. The van der Waals surface area contributed by atoms with Crippen LogP contribution in [0.3, 0.4) is 0 Å². The molecule has 6 nitrogen and oxygen atoms in total. The predicted molar refractivity (Wildman–Crippen MR) is 79.6 cm³/mol. The Kier molecular flexibility index (Phi) is 5.99. The molecule has 2 aliphatic rings. The van der Waals surface area contributed by atoms with Crippen molar-refractivity contribution in [1.82, 2.24) is 15.5 Å². The Hall–Kier alpha value is -1.14. The molecule has 3 N–H and O–H groups in total. The van der Waals surface area contributed by atoms with Gasteiger partial charge in [-0.25, -0.2) is 0 Å². The van der Waals surface area contributed by atoms with Gasteiger partial charge in [-0.2, -0.15) is 0 Å². The number of unbranched alkanes of at least 4 members (excludes halogenated alkanes) is 1. The Labute approximate surface area is 126 Å². The fourth-order valence-electron chi connectivity index (χ4n) is 3.02. The first-order valence-electron chi connectivity index (χ1n) is 8.09. The van der Waals surface area contributed by atoms with E-state index in [1.54, 1.807) is 0 Å². The largest absolute Gasteiger partial charge is 0.392 e. The van der Waals surface area contributed by atoms with Gasteiger partial charge in [0.1, 0.15) is 0 Å². The number of nitrogens with one attached hydrogen (secondary N) is 2. The zero-order valence-corrected chi connectivity index (χ0v) is 12.8. The van der Waals surface area contributed by atoms with Gasteiger partial charge >= 0.3 is 0 Å². The van der Waals surface area contributed by atoms with Gasteiger partial charge in [0.2, 0.25) is 11.8 Å². The quantitative estimate of drug-likeness (QED) is 0.617. The monoisotopic (exact) mass is 297 g/mol. The minimum Gasteiger partial charge on any atom is -0.392 e. The zero-order chi connectivity index (χ0) is 15.2. The van der Waals surface area contributed by atoms with E-state index in [2.05, 4.69) is 17.6 Å². The third kappa shape index (κ3) is 4.41. The van der Waals surface area contributed by atoms with E-state index in [4.69, 9.17) is 0 Å². The van der Waals surface area contributed by atoms with Gasteiger partial charge < -0.3 is 20.6 Å². The molecular weight excluding hydrogens is 270 g/mol. The normalized spacial score (nSPS) is 26.9. The lowest BCUT2D eigenvalue weighted by atomic mass is 9.95. The second-order valence-electron chi connectivity index (χ2n) is 6.09. The van der Waals surface area contributed by atoms with E-state index < -0.39 is 6.10 Å². The van der Waals surface area contributed by atoms with Gasteiger partial charge in [0.05, 0.1) is 12.1 Å². The second kappa shape index (κ2) is 7.75.